The van der Waals surface area contributed by atoms with E-state index in [4.69, 9.17) is 0 Å². The van der Waals surface area contributed by atoms with Crippen LogP contribution in [0.15, 0.2) is 18.3 Å². The van der Waals surface area contributed by atoms with Gasteiger partial charge in [-0.2, -0.15) is 0 Å². The largest absolute Gasteiger partial charge is 0.359 e. The van der Waals surface area contributed by atoms with Crippen LogP contribution in [0.25, 0.3) is 10.9 Å². The summed E-state index contributed by atoms with van der Waals surface area (Å²) in [6.45, 7) is 4.18. The summed E-state index contributed by atoms with van der Waals surface area (Å²) in [6.07, 6.45) is 2.92. The van der Waals surface area contributed by atoms with E-state index in [9.17, 15) is 0 Å². The second-order valence-corrected chi connectivity index (χ2v) is 3.07. The van der Waals surface area contributed by atoms with Gasteiger partial charge in [-0.1, -0.05) is 6.92 Å². The Morgan fingerprint density at radius 2 is 2.25 bits per heavy atom. The Kier molecular flexibility index (Phi) is 1.61. The van der Waals surface area contributed by atoms with Crippen LogP contribution in [0.5, 0.6) is 0 Å². The molecule has 0 aliphatic rings. The van der Waals surface area contributed by atoms with Crippen LogP contribution in [0, 0.1) is 6.92 Å². The SMILES string of the molecule is CCc1cc2[nH]c(C)cc2cn1. The van der Waals surface area contributed by atoms with Gasteiger partial charge in [0, 0.05) is 28.5 Å². The molecule has 1 N–H and O–H groups in total. The molecule has 0 saturated carbocycles. The highest BCUT2D eigenvalue weighted by molar-refractivity contribution is 5.79. The third-order valence-corrected chi connectivity index (χ3v) is 2.06. The Bertz CT molecular complexity index is 401. The van der Waals surface area contributed by atoms with Crippen molar-refractivity contribution in [2.75, 3.05) is 0 Å². The van der Waals surface area contributed by atoms with E-state index in [2.05, 4.69) is 35.9 Å². The van der Waals surface area contributed by atoms with Gasteiger partial charge in [0.05, 0.1) is 0 Å². The predicted molar refractivity (Wildman–Crippen MR) is 50.2 cm³/mol. The molecule has 62 valence electrons. The molecule has 0 aliphatic heterocycles. The van der Waals surface area contributed by atoms with Gasteiger partial charge in [0.2, 0.25) is 0 Å². The van der Waals surface area contributed by atoms with Crippen LogP contribution in [0.1, 0.15) is 18.3 Å². The van der Waals surface area contributed by atoms with E-state index in [0.29, 0.717) is 0 Å². The lowest BCUT2D eigenvalue weighted by Crippen LogP contribution is -1.84. The molecule has 0 bridgehead atoms. The molecule has 0 aromatic carbocycles. The van der Waals surface area contributed by atoms with E-state index < -0.39 is 0 Å². The number of H-pyrrole nitrogens is 1. The van der Waals surface area contributed by atoms with Gasteiger partial charge in [-0.3, -0.25) is 4.98 Å². The fraction of sp³-hybridized carbons (Fsp3) is 0.300. The van der Waals surface area contributed by atoms with Crippen LogP contribution in [-0.2, 0) is 6.42 Å². The van der Waals surface area contributed by atoms with Crippen molar-refractivity contribution in [2.45, 2.75) is 20.3 Å². The molecule has 2 nitrogen and oxygen atoms in total. The number of hydrogen-bond acceptors (Lipinski definition) is 1. The lowest BCUT2D eigenvalue weighted by molar-refractivity contribution is 1.04. The zero-order valence-corrected chi connectivity index (χ0v) is 7.39. The van der Waals surface area contributed by atoms with Gasteiger partial charge in [0.15, 0.2) is 0 Å². The summed E-state index contributed by atoms with van der Waals surface area (Å²) in [6, 6.07) is 4.23. The molecule has 2 heteroatoms. The van der Waals surface area contributed by atoms with Crippen LogP contribution in [0.4, 0.5) is 0 Å². The first-order valence-corrected chi connectivity index (χ1v) is 4.24. The van der Waals surface area contributed by atoms with Crippen LogP contribution in [-0.4, -0.2) is 9.97 Å². The fourth-order valence-electron chi connectivity index (χ4n) is 1.41. The maximum absolute atomic E-state index is 4.32. The summed E-state index contributed by atoms with van der Waals surface area (Å²) in [5.74, 6) is 0. The Hall–Kier alpha value is -1.31. The number of aromatic amines is 1. The van der Waals surface area contributed by atoms with E-state index in [1.165, 1.54) is 16.6 Å². The number of hydrogen-bond donors (Lipinski definition) is 1. The number of nitrogens with one attached hydrogen (secondary N) is 1. The molecular weight excluding hydrogens is 148 g/mol. The van der Waals surface area contributed by atoms with Gasteiger partial charge in [-0.05, 0) is 25.5 Å². The summed E-state index contributed by atoms with van der Waals surface area (Å²) < 4.78 is 0. The van der Waals surface area contributed by atoms with Gasteiger partial charge in [-0.15, -0.1) is 0 Å². The molecule has 0 fully saturated rings. The van der Waals surface area contributed by atoms with Crippen LogP contribution < -0.4 is 0 Å². The molecule has 0 spiro atoms. The highest BCUT2D eigenvalue weighted by Crippen LogP contribution is 2.14. The van der Waals surface area contributed by atoms with E-state index in [1.807, 2.05) is 6.20 Å². The molecule has 0 radical (unpaired) electrons. The summed E-state index contributed by atoms with van der Waals surface area (Å²) in [7, 11) is 0. The average Bonchev–Trinajstić information content (AvgIpc) is 2.43. The zero-order chi connectivity index (χ0) is 8.55. The van der Waals surface area contributed by atoms with E-state index in [0.717, 1.165) is 12.1 Å². The monoisotopic (exact) mass is 160 g/mol. The average molecular weight is 160 g/mol. The smallest absolute Gasteiger partial charge is 0.0489 e. The highest BCUT2D eigenvalue weighted by atomic mass is 14.7. The molecule has 0 atom stereocenters. The van der Waals surface area contributed by atoms with Gasteiger partial charge >= 0.3 is 0 Å². The molecule has 2 aromatic rings. The molecule has 12 heavy (non-hydrogen) atoms. The first kappa shape index (κ1) is 7.35. The minimum atomic E-state index is 0.994. The third-order valence-electron chi connectivity index (χ3n) is 2.06. The number of aromatic nitrogens is 2. The van der Waals surface area contributed by atoms with Gasteiger partial charge < -0.3 is 4.98 Å². The number of nitrogens with zero attached hydrogens (tertiary/aromatic N) is 1. The van der Waals surface area contributed by atoms with Crippen LogP contribution in [0.2, 0.25) is 0 Å². The fourth-order valence-corrected chi connectivity index (χ4v) is 1.41. The lowest BCUT2D eigenvalue weighted by atomic mass is 10.2. The summed E-state index contributed by atoms with van der Waals surface area (Å²) >= 11 is 0. The normalized spacial score (nSPS) is 10.8. The van der Waals surface area contributed by atoms with Crippen molar-refractivity contribution in [1.29, 1.82) is 0 Å². The topological polar surface area (TPSA) is 28.7 Å². The van der Waals surface area contributed by atoms with Crippen molar-refractivity contribution >= 4 is 10.9 Å². The first-order valence-electron chi connectivity index (χ1n) is 4.24. The van der Waals surface area contributed by atoms with Crippen molar-refractivity contribution in [1.82, 2.24) is 9.97 Å². The van der Waals surface area contributed by atoms with Crippen molar-refractivity contribution in [3.8, 4) is 0 Å². The molecule has 0 unspecified atom stereocenters. The predicted octanol–water partition coefficient (Wildman–Crippen LogP) is 2.43. The lowest BCUT2D eigenvalue weighted by Gasteiger charge is -1.94. The Morgan fingerprint density at radius 3 is 3.00 bits per heavy atom. The van der Waals surface area contributed by atoms with Crippen molar-refractivity contribution < 1.29 is 0 Å². The second-order valence-electron chi connectivity index (χ2n) is 3.07. The third kappa shape index (κ3) is 1.09. The van der Waals surface area contributed by atoms with Gasteiger partial charge in [0.1, 0.15) is 0 Å². The molecular formula is C10H12N2. The summed E-state index contributed by atoms with van der Waals surface area (Å²) in [4.78, 5) is 7.61. The number of rotatable bonds is 1. The van der Waals surface area contributed by atoms with Crippen molar-refractivity contribution in [3.63, 3.8) is 0 Å². The van der Waals surface area contributed by atoms with Gasteiger partial charge in [0.25, 0.3) is 0 Å². The molecule has 0 amide bonds. The van der Waals surface area contributed by atoms with Crippen LogP contribution >= 0.6 is 0 Å². The van der Waals surface area contributed by atoms with Gasteiger partial charge in [-0.25, -0.2) is 0 Å². The quantitative estimate of drug-likeness (QED) is 0.682. The Morgan fingerprint density at radius 1 is 1.42 bits per heavy atom. The standard InChI is InChI=1S/C10H12N2/c1-3-9-5-10-8(6-11-9)4-7(2)12-10/h4-6,12H,3H2,1-2H3. The molecule has 2 heterocycles. The number of pyridine rings is 1. The zero-order valence-electron chi connectivity index (χ0n) is 7.39. The molecule has 2 aromatic heterocycles. The second kappa shape index (κ2) is 2.63. The van der Waals surface area contributed by atoms with E-state index >= 15 is 0 Å². The molecule has 2 rings (SSSR count). The van der Waals surface area contributed by atoms with Crippen molar-refractivity contribution in [3.05, 3.63) is 29.7 Å². The number of fused-ring (bicyclic) bond motifs is 1. The maximum atomic E-state index is 4.32. The minimum absolute atomic E-state index is 0.994. The summed E-state index contributed by atoms with van der Waals surface area (Å²) in [5, 5.41) is 1.20. The molecule has 0 saturated heterocycles. The van der Waals surface area contributed by atoms with Crippen LogP contribution in [0.3, 0.4) is 0 Å². The molecule has 0 aliphatic carbocycles. The maximum Gasteiger partial charge on any atom is 0.0489 e. The summed E-state index contributed by atoms with van der Waals surface area (Å²) in [5.41, 5.74) is 3.53. The van der Waals surface area contributed by atoms with E-state index in [-0.39, 0.29) is 0 Å². The Balaban J connectivity index is 2.66. The highest BCUT2D eigenvalue weighted by Gasteiger charge is 1.98. The first-order chi connectivity index (χ1) is 5.79. The minimum Gasteiger partial charge on any atom is -0.359 e. The van der Waals surface area contributed by atoms with E-state index in [1.54, 1.807) is 0 Å². The Labute approximate surface area is 71.6 Å². The number of aryl methyl sites for hydroxylation is 2. The van der Waals surface area contributed by atoms with Crippen molar-refractivity contribution in [2.24, 2.45) is 0 Å².